The number of phenols is 1. The van der Waals surface area contributed by atoms with Crippen LogP contribution < -0.4 is 9.30 Å². The third-order valence-corrected chi connectivity index (χ3v) is 7.51. The largest absolute Gasteiger partial charge is 0.508 e. The second-order valence-electron chi connectivity index (χ2n) is 6.75. The van der Waals surface area contributed by atoms with E-state index in [4.69, 9.17) is 9.29 Å². The maximum Gasteiger partial charge on any atom is 0.265 e. The number of fused-ring (bicyclic) bond motifs is 3. The molecule has 0 radical (unpaired) electrons. The molecule has 9 heteroatoms. The van der Waals surface area contributed by atoms with Crippen LogP contribution in [0.4, 0.5) is 0 Å². The van der Waals surface area contributed by atoms with Crippen LogP contribution in [0.2, 0.25) is 0 Å². The normalized spacial score (nSPS) is 12.3. The van der Waals surface area contributed by atoms with Crippen molar-refractivity contribution in [3.05, 3.63) is 52.3 Å². The number of aromatic nitrogens is 1. The van der Waals surface area contributed by atoms with E-state index in [1.807, 2.05) is 35.7 Å². The van der Waals surface area contributed by atoms with E-state index in [0.717, 1.165) is 36.6 Å². The molecule has 0 amide bonds. The first-order chi connectivity index (χ1) is 14.4. The van der Waals surface area contributed by atoms with Gasteiger partial charge in [0.1, 0.15) is 20.9 Å². The Bertz CT molecular complexity index is 1350. The summed E-state index contributed by atoms with van der Waals surface area (Å²) in [7, 11) is -2.37. The third kappa shape index (κ3) is 4.34. The van der Waals surface area contributed by atoms with Crippen LogP contribution in [0.25, 0.3) is 32.5 Å². The summed E-state index contributed by atoms with van der Waals surface area (Å²) in [6, 6.07) is 11.0. The molecular weight excluding hydrogens is 442 g/mol. The van der Waals surface area contributed by atoms with Crippen LogP contribution in [0, 0.1) is 0 Å². The van der Waals surface area contributed by atoms with Crippen molar-refractivity contribution in [1.82, 2.24) is 0 Å². The van der Waals surface area contributed by atoms with Gasteiger partial charge < -0.3 is 9.84 Å². The van der Waals surface area contributed by atoms with Gasteiger partial charge in [0.05, 0.1) is 12.9 Å². The lowest BCUT2D eigenvalue weighted by Gasteiger charge is -2.02. The van der Waals surface area contributed by atoms with Crippen molar-refractivity contribution in [2.24, 2.45) is 0 Å². The quantitative estimate of drug-likeness (QED) is 0.310. The number of phenolic OH excluding ortho intramolecular Hbond substituents is 1. The van der Waals surface area contributed by atoms with Gasteiger partial charge in [-0.25, -0.2) is 0 Å². The molecule has 4 rings (SSSR count). The molecule has 6 nitrogen and oxygen atoms in total. The lowest BCUT2D eigenvalue weighted by Crippen LogP contribution is -2.36. The molecule has 0 aliphatic carbocycles. The lowest BCUT2D eigenvalue weighted by molar-refractivity contribution is -0.667. The minimum atomic E-state index is -4.02. The van der Waals surface area contributed by atoms with Crippen LogP contribution >= 0.6 is 22.7 Å². The predicted octanol–water partition coefficient (Wildman–Crippen LogP) is 4.57. The van der Waals surface area contributed by atoms with E-state index in [0.29, 0.717) is 13.0 Å². The molecule has 156 valence electrons. The van der Waals surface area contributed by atoms with Crippen LogP contribution in [0.1, 0.15) is 17.0 Å². The van der Waals surface area contributed by atoms with Gasteiger partial charge in [-0.15, -0.1) is 11.3 Å². The van der Waals surface area contributed by atoms with Crippen molar-refractivity contribution in [1.29, 1.82) is 0 Å². The zero-order chi connectivity index (χ0) is 21.3. The molecular formula is C21H20NO5S3+. The van der Waals surface area contributed by atoms with Gasteiger partial charge in [0.2, 0.25) is 5.52 Å². The number of aryl methyl sites for hydroxylation is 1. The average molecular weight is 463 g/mol. The number of ether oxygens (including phenoxy) is 1. The number of hydrogen-bond donors (Lipinski definition) is 2. The molecule has 4 aromatic rings. The topological polar surface area (TPSA) is 87.7 Å². The fraction of sp³-hybridized carbons (Fsp3) is 0.190. The molecule has 2 heterocycles. The van der Waals surface area contributed by atoms with Crippen LogP contribution in [-0.2, 0) is 16.7 Å². The van der Waals surface area contributed by atoms with Crippen molar-refractivity contribution < 1.29 is 27.4 Å². The van der Waals surface area contributed by atoms with Gasteiger partial charge >= 0.3 is 0 Å². The van der Waals surface area contributed by atoms with Gasteiger partial charge in [0.15, 0.2) is 6.54 Å². The summed E-state index contributed by atoms with van der Waals surface area (Å²) in [5, 5.41) is 13.7. The number of nitrogens with zero attached hydrogens (tertiary/aromatic N) is 1. The highest BCUT2D eigenvalue weighted by atomic mass is 32.2. The molecule has 0 unspecified atom stereocenters. The van der Waals surface area contributed by atoms with Gasteiger partial charge in [0.25, 0.3) is 15.1 Å². The Kier molecular flexibility index (Phi) is 5.79. The first kappa shape index (κ1) is 20.8. The fourth-order valence-electron chi connectivity index (χ4n) is 3.39. The molecule has 0 atom stereocenters. The van der Waals surface area contributed by atoms with Crippen LogP contribution in [0.15, 0.2) is 41.8 Å². The van der Waals surface area contributed by atoms with E-state index in [-0.39, 0.29) is 11.5 Å². The van der Waals surface area contributed by atoms with E-state index in [9.17, 15) is 13.5 Å². The number of rotatable bonds is 7. The second-order valence-corrected chi connectivity index (χ2v) is 10.3. The number of benzene rings is 2. The molecule has 0 bridgehead atoms. The maximum absolute atomic E-state index is 11.2. The van der Waals surface area contributed by atoms with E-state index >= 15 is 0 Å². The zero-order valence-corrected chi connectivity index (χ0v) is 18.6. The van der Waals surface area contributed by atoms with E-state index < -0.39 is 10.1 Å². The molecule has 0 spiro atoms. The van der Waals surface area contributed by atoms with Crippen LogP contribution in [-0.4, -0.2) is 30.9 Å². The smallest absolute Gasteiger partial charge is 0.265 e. The van der Waals surface area contributed by atoms with Crippen molar-refractivity contribution in [2.45, 2.75) is 13.0 Å². The van der Waals surface area contributed by atoms with Crippen LogP contribution in [0.3, 0.4) is 0 Å². The second kappa shape index (κ2) is 8.35. The Morgan fingerprint density at radius 2 is 2.03 bits per heavy atom. The third-order valence-electron chi connectivity index (χ3n) is 4.68. The summed E-state index contributed by atoms with van der Waals surface area (Å²) >= 11 is 3.19. The molecule has 30 heavy (non-hydrogen) atoms. The predicted molar refractivity (Wildman–Crippen MR) is 122 cm³/mol. The lowest BCUT2D eigenvalue weighted by atomic mass is 10.2. The Balaban J connectivity index is 1.84. The fourth-order valence-corrected chi connectivity index (χ4v) is 6.05. The number of aromatic hydroxyl groups is 1. The Labute approximate surface area is 182 Å². The summed E-state index contributed by atoms with van der Waals surface area (Å²) in [4.78, 5) is 0. The van der Waals surface area contributed by atoms with Gasteiger partial charge in [-0.3, -0.25) is 4.55 Å². The number of methoxy groups -OCH3 is 1. The molecule has 0 saturated heterocycles. The standard InChI is InChI=1S/C21H19NO5S3/c1-27-17-13-18-20(21-16(17)8-10-28-21)22(9-3-11-30(24,25)26)19(29-18)7-6-14-4-2-5-15(23)12-14/h2,4-8,10,12-13H,3,9,11H2,1H3,(H-,23,24,25,26)/p+1/b7-6+. The Hall–Kier alpha value is -2.46. The first-order valence-electron chi connectivity index (χ1n) is 9.18. The first-order valence-corrected chi connectivity index (χ1v) is 12.5. The highest BCUT2D eigenvalue weighted by molar-refractivity contribution is 7.85. The Morgan fingerprint density at radius 1 is 1.20 bits per heavy atom. The summed E-state index contributed by atoms with van der Waals surface area (Å²) in [6.07, 6.45) is 4.16. The zero-order valence-electron chi connectivity index (χ0n) is 16.1. The molecule has 0 aliphatic heterocycles. The highest BCUT2D eigenvalue weighted by Gasteiger charge is 2.24. The number of hydrogen-bond acceptors (Lipinski definition) is 6. The van der Waals surface area contributed by atoms with E-state index in [1.165, 1.54) is 0 Å². The minimum absolute atomic E-state index is 0.194. The SMILES string of the molecule is COc1cc2sc(/C=C/c3cccc(O)c3)[n+](CCCS(=O)(=O)O)c2c2sccc12. The van der Waals surface area contributed by atoms with Gasteiger partial charge in [-0.1, -0.05) is 23.5 Å². The van der Waals surface area contributed by atoms with Gasteiger partial charge in [-0.05, 0) is 35.2 Å². The number of thiophene rings is 1. The Morgan fingerprint density at radius 3 is 2.77 bits per heavy atom. The average Bonchev–Trinajstić information content (AvgIpc) is 3.29. The van der Waals surface area contributed by atoms with Crippen molar-refractivity contribution in [3.8, 4) is 11.5 Å². The van der Waals surface area contributed by atoms with Crippen molar-refractivity contribution in [2.75, 3.05) is 12.9 Å². The minimum Gasteiger partial charge on any atom is -0.508 e. The highest BCUT2D eigenvalue weighted by Crippen LogP contribution is 2.38. The molecule has 0 fully saturated rings. The number of thiazole rings is 1. The molecule has 0 saturated carbocycles. The summed E-state index contributed by atoms with van der Waals surface area (Å²) in [5.74, 6) is 0.699. The van der Waals surface area contributed by atoms with Crippen molar-refractivity contribution >= 4 is 65.2 Å². The molecule has 0 aliphatic rings. The van der Waals surface area contributed by atoms with E-state index in [1.54, 1.807) is 48.0 Å². The maximum atomic E-state index is 11.2. The van der Waals surface area contributed by atoms with E-state index in [2.05, 4.69) is 4.57 Å². The van der Waals surface area contributed by atoms with Crippen LogP contribution in [0.5, 0.6) is 11.5 Å². The van der Waals surface area contributed by atoms with Gasteiger partial charge in [-0.2, -0.15) is 13.0 Å². The summed E-state index contributed by atoms with van der Waals surface area (Å²) < 4.78 is 41.3. The van der Waals surface area contributed by atoms with Crippen molar-refractivity contribution in [3.63, 3.8) is 0 Å². The molecule has 2 aromatic carbocycles. The summed E-state index contributed by atoms with van der Waals surface area (Å²) in [5.41, 5.74) is 1.88. The summed E-state index contributed by atoms with van der Waals surface area (Å²) in [6.45, 7) is 0.443. The molecule has 2 aromatic heterocycles. The monoisotopic (exact) mass is 462 g/mol. The molecule has 2 N–H and O–H groups in total. The van der Waals surface area contributed by atoms with Gasteiger partial charge in [0, 0.05) is 23.9 Å².